The first-order valence-corrected chi connectivity index (χ1v) is 7.51. The Morgan fingerprint density at radius 1 is 1.09 bits per heavy atom. The van der Waals surface area contributed by atoms with Gasteiger partial charge in [0.1, 0.15) is 12.2 Å². The van der Waals surface area contributed by atoms with Gasteiger partial charge in [-0.25, -0.2) is 4.79 Å². The molecule has 2 aromatic carbocycles. The first-order chi connectivity index (χ1) is 11.1. The lowest BCUT2D eigenvalue weighted by Crippen LogP contribution is -2.11. The van der Waals surface area contributed by atoms with E-state index in [0.29, 0.717) is 12.0 Å². The number of carbonyl (C=O) groups excluding carboxylic acids is 2. The van der Waals surface area contributed by atoms with E-state index in [0.717, 1.165) is 10.0 Å². The fourth-order valence-corrected chi connectivity index (χ4v) is 2.32. The molecule has 0 atom stereocenters. The van der Waals surface area contributed by atoms with Crippen LogP contribution in [0.15, 0.2) is 40.9 Å². The molecule has 0 N–H and O–H groups in total. The molecule has 0 aliphatic carbocycles. The van der Waals surface area contributed by atoms with Gasteiger partial charge in [-0.3, -0.25) is 4.79 Å². The Morgan fingerprint density at radius 2 is 1.78 bits per heavy atom. The summed E-state index contributed by atoms with van der Waals surface area (Å²) in [5.41, 5.74) is 1.07. The van der Waals surface area contributed by atoms with E-state index in [-0.39, 0.29) is 23.5 Å². The Labute approximate surface area is 142 Å². The third kappa shape index (κ3) is 3.90. The van der Waals surface area contributed by atoms with Crippen LogP contribution >= 0.6 is 15.9 Å². The fraction of sp³-hybridized carbons (Fsp3) is 0.176. The highest BCUT2D eigenvalue weighted by molar-refractivity contribution is 9.10. The van der Waals surface area contributed by atoms with Gasteiger partial charge >= 0.3 is 5.97 Å². The lowest BCUT2D eigenvalue weighted by atomic mass is 10.1. The van der Waals surface area contributed by atoms with Crippen LogP contribution in [0.5, 0.6) is 11.5 Å². The average molecular weight is 379 g/mol. The van der Waals surface area contributed by atoms with Crippen LogP contribution in [0.25, 0.3) is 0 Å². The molecule has 0 saturated carbocycles. The number of ether oxygens (including phenoxy) is 3. The van der Waals surface area contributed by atoms with Crippen molar-refractivity contribution in [1.82, 2.24) is 0 Å². The van der Waals surface area contributed by atoms with E-state index in [9.17, 15) is 9.59 Å². The molecule has 2 rings (SSSR count). The van der Waals surface area contributed by atoms with Gasteiger partial charge in [-0.05, 0) is 29.8 Å². The molecule has 0 unspecified atom stereocenters. The monoisotopic (exact) mass is 378 g/mol. The van der Waals surface area contributed by atoms with Crippen LogP contribution in [0.1, 0.15) is 26.3 Å². The van der Waals surface area contributed by atoms with Crippen LogP contribution < -0.4 is 9.47 Å². The lowest BCUT2D eigenvalue weighted by molar-refractivity contribution is 0.0466. The van der Waals surface area contributed by atoms with Crippen LogP contribution in [0, 0.1) is 0 Å². The summed E-state index contributed by atoms with van der Waals surface area (Å²) in [6.07, 6.45) is 0.582. The molecule has 23 heavy (non-hydrogen) atoms. The van der Waals surface area contributed by atoms with E-state index in [1.165, 1.54) is 20.3 Å². The molecule has 0 bridgehead atoms. The molecule has 0 heterocycles. The summed E-state index contributed by atoms with van der Waals surface area (Å²) in [5, 5.41) is 0. The summed E-state index contributed by atoms with van der Waals surface area (Å²) < 4.78 is 16.6. The number of hydrogen-bond donors (Lipinski definition) is 0. The van der Waals surface area contributed by atoms with Crippen LogP contribution in [-0.2, 0) is 11.3 Å². The molecule has 0 saturated heterocycles. The number of carbonyl (C=O) groups is 2. The second-order valence-electron chi connectivity index (χ2n) is 4.59. The molecule has 0 fully saturated rings. The van der Waals surface area contributed by atoms with E-state index >= 15 is 0 Å². The molecule has 5 nitrogen and oxygen atoms in total. The first kappa shape index (κ1) is 17.0. The van der Waals surface area contributed by atoms with Crippen LogP contribution in [-0.4, -0.2) is 26.5 Å². The summed E-state index contributed by atoms with van der Waals surface area (Å²) in [6, 6.07) is 10.4. The van der Waals surface area contributed by atoms with Crippen molar-refractivity contribution < 1.29 is 23.8 Å². The van der Waals surface area contributed by atoms with Gasteiger partial charge in [-0.1, -0.05) is 28.1 Å². The highest BCUT2D eigenvalue weighted by atomic mass is 79.9. The van der Waals surface area contributed by atoms with E-state index in [1.54, 1.807) is 6.07 Å². The second kappa shape index (κ2) is 7.78. The third-order valence-electron chi connectivity index (χ3n) is 3.19. The Bertz CT molecular complexity index is 710. The number of rotatable bonds is 6. The molecular weight excluding hydrogens is 364 g/mol. The van der Waals surface area contributed by atoms with E-state index < -0.39 is 5.97 Å². The maximum Gasteiger partial charge on any atom is 0.343 e. The minimum Gasteiger partial charge on any atom is -0.493 e. The molecule has 6 heteroatoms. The molecule has 0 aromatic heterocycles. The average Bonchev–Trinajstić information content (AvgIpc) is 2.59. The van der Waals surface area contributed by atoms with Crippen LogP contribution in [0.3, 0.4) is 0 Å². The van der Waals surface area contributed by atoms with Gasteiger partial charge in [0.15, 0.2) is 17.8 Å². The van der Waals surface area contributed by atoms with Crippen molar-refractivity contribution in [3.05, 3.63) is 57.6 Å². The zero-order valence-corrected chi connectivity index (χ0v) is 14.3. The van der Waals surface area contributed by atoms with Crippen molar-refractivity contribution in [2.24, 2.45) is 0 Å². The zero-order valence-electron chi connectivity index (χ0n) is 12.7. The van der Waals surface area contributed by atoms with Gasteiger partial charge in [0.25, 0.3) is 0 Å². The Morgan fingerprint density at radius 3 is 2.35 bits per heavy atom. The topological polar surface area (TPSA) is 61.8 Å². The Kier molecular flexibility index (Phi) is 5.76. The number of halogens is 1. The molecule has 0 aliphatic heterocycles. The molecule has 0 aliphatic rings. The highest BCUT2D eigenvalue weighted by Gasteiger charge is 2.22. The van der Waals surface area contributed by atoms with Gasteiger partial charge in [0, 0.05) is 10.0 Å². The fourth-order valence-electron chi connectivity index (χ4n) is 2.05. The Hall–Kier alpha value is -2.34. The summed E-state index contributed by atoms with van der Waals surface area (Å²) in [4.78, 5) is 23.6. The SMILES string of the molecule is COc1ccc(C=O)c(C(=O)OCc2ccc(Br)cc2)c1OC. The van der Waals surface area contributed by atoms with Crippen molar-refractivity contribution in [1.29, 1.82) is 0 Å². The maximum atomic E-state index is 12.4. The normalized spacial score (nSPS) is 10.0. The third-order valence-corrected chi connectivity index (χ3v) is 3.72. The van der Waals surface area contributed by atoms with E-state index in [1.807, 2.05) is 24.3 Å². The van der Waals surface area contributed by atoms with E-state index in [4.69, 9.17) is 14.2 Å². The van der Waals surface area contributed by atoms with Crippen molar-refractivity contribution >= 4 is 28.2 Å². The van der Waals surface area contributed by atoms with Crippen molar-refractivity contribution in [2.75, 3.05) is 14.2 Å². The van der Waals surface area contributed by atoms with Gasteiger partial charge in [0.2, 0.25) is 0 Å². The Balaban J connectivity index is 2.27. The van der Waals surface area contributed by atoms with Crippen LogP contribution in [0.4, 0.5) is 0 Å². The molecule has 0 spiro atoms. The molecule has 2 aromatic rings. The van der Waals surface area contributed by atoms with E-state index in [2.05, 4.69) is 15.9 Å². The predicted molar refractivity (Wildman–Crippen MR) is 88.2 cm³/mol. The predicted octanol–water partition coefficient (Wildman–Crippen LogP) is 3.64. The van der Waals surface area contributed by atoms with Gasteiger partial charge in [-0.2, -0.15) is 0 Å². The second-order valence-corrected chi connectivity index (χ2v) is 5.50. The summed E-state index contributed by atoms with van der Waals surface area (Å²) in [7, 11) is 2.85. The number of aldehydes is 1. The van der Waals surface area contributed by atoms with Crippen molar-refractivity contribution in [3.8, 4) is 11.5 Å². The number of esters is 1. The van der Waals surface area contributed by atoms with Crippen LogP contribution in [0.2, 0.25) is 0 Å². The quantitative estimate of drug-likeness (QED) is 0.567. The van der Waals surface area contributed by atoms with Gasteiger partial charge < -0.3 is 14.2 Å². The standard InChI is InChI=1S/C17H15BrO5/c1-21-14-8-5-12(9-19)15(16(14)22-2)17(20)23-10-11-3-6-13(18)7-4-11/h3-9H,10H2,1-2H3. The number of benzene rings is 2. The molecular formula is C17H15BrO5. The minimum atomic E-state index is -0.647. The maximum absolute atomic E-state index is 12.4. The van der Waals surface area contributed by atoms with Crippen molar-refractivity contribution in [2.45, 2.75) is 6.61 Å². The largest absolute Gasteiger partial charge is 0.493 e. The minimum absolute atomic E-state index is 0.0546. The molecule has 0 radical (unpaired) electrons. The number of methoxy groups -OCH3 is 2. The van der Waals surface area contributed by atoms with Gasteiger partial charge in [-0.15, -0.1) is 0 Å². The summed E-state index contributed by atoms with van der Waals surface area (Å²) in [6.45, 7) is 0.0881. The molecule has 0 amide bonds. The summed E-state index contributed by atoms with van der Waals surface area (Å²) in [5.74, 6) is -0.114. The van der Waals surface area contributed by atoms with Gasteiger partial charge in [0.05, 0.1) is 14.2 Å². The highest BCUT2D eigenvalue weighted by Crippen LogP contribution is 2.33. The first-order valence-electron chi connectivity index (χ1n) is 6.72. The molecule has 120 valence electrons. The smallest absolute Gasteiger partial charge is 0.343 e. The number of hydrogen-bond acceptors (Lipinski definition) is 5. The lowest BCUT2D eigenvalue weighted by Gasteiger charge is -2.14. The summed E-state index contributed by atoms with van der Waals surface area (Å²) >= 11 is 3.34. The van der Waals surface area contributed by atoms with Crippen molar-refractivity contribution in [3.63, 3.8) is 0 Å². The zero-order chi connectivity index (χ0) is 16.8.